The van der Waals surface area contributed by atoms with Crippen molar-refractivity contribution in [1.82, 2.24) is 0 Å². The molecule has 4 aromatic rings. The van der Waals surface area contributed by atoms with Crippen LogP contribution in [0, 0.1) is 5.92 Å². The molecule has 184 valence electrons. The Hall–Kier alpha value is -3.73. The van der Waals surface area contributed by atoms with Crippen LogP contribution in [0.15, 0.2) is 103 Å². The maximum absolute atomic E-state index is 13.5. The van der Waals surface area contributed by atoms with E-state index in [0.717, 1.165) is 40.3 Å². The third-order valence-corrected chi connectivity index (χ3v) is 7.82. The van der Waals surface area contributed by atoms with Gasteiger partial charge in [-0.2, -0.15) is 0 Å². The summed E-state index contributed by atoms with van der Waals surface area (Å²) in [5.74, 6) is 0.287. The number of nitrogens with one attached hydrogen (secondary N) is 3. The van der Waals surface area contributed by atoms with Crippen LogP contribution in [0.25, 0.3) is 0 Å². The maximum atomic E-state index is 13.5. The van der Waals surface area contributed by atoms with E-state index in [2.05, 4.69) is 34.2 Å². The van der Waals surface area contributed by atoms with Gasteiger partial charge in [-0.25, -0.2) is 0 Å². The second-order valence-corrected chi connectivity index (χ2v) is 10.2. The van der Waals surface area contributed by atoms with Gasteiger partial charge in [0, 0.05) is 38.6 Å². The van der Waals surface area contributed by atoms with Gasteiger partial charge >= 0.3 is 0 Å². The van der Waals surface area contributed by atoms with Crippen LogP contribution in [0.3, 0.4) is 0 Å². The molecule has 2 aliphatic rings. The molecule has 37 heavy (non-hydrogen) atoms. The lowest BCUT2D eigenvalue weighted by Gasteiger charge is -2.39. The van der Waals surface area contributed by atoms with Crippen LogP contribution in [-0.2, 0) is 0 Å². The highest BCUT2D eigenvalue weighted by molar-refractivity contribution is 6.36. The lowest BCUT2D eigenvalue weighted by atomic mass is 9.76. The molecule has 4 aromatic carbocycles. The number of allylic oxidation sites excluding steroid dienone is 2. The highest BCUT2D eigenvalue weighted by Gasteiger charge is 2.40. The van der Waals surface area contributed by atoms with E-state index in [9.17, 15) is 4.79 Å². The van der Waals surface area contributed by atoms with Crippen LogP contribution in [-0.4, -0.2) is 5.91 Å². The Balaban J connectivity index is 1.28. The van der Waals surface area contributed by atoms with Gasteiger partial charge in [0.2, 0.25) is 0 Å². The Morgan fingerprint density at radius 2 is 1.46 bits per heavy atom. The first-order valence-corrected chi connectivity index (χ1v) is 13.1. The summed E-state index contributed by atoms with van der Waals surface area (Å²) in [6.07, 6.45) is 5.37. The molecule has 1 aliphatic heterocycles. The van der Waals surface area contributed by atoms with Crippen molar-refractivity contribution in [2.45, 2.75) is 18.4 Å². The Bertz CT molecular complexity index is 1460. The average Bonchev–Trinajstić information content (AvgIpc) is 3.41. The molecular weight excluding hydrogens is 501 g/mol. The Labute approximate surface area is 226 Å². The van der Waals surface area contributed by atoms with E-state index in [4.69, 9.17) is 23.2 Å². The molecule has 3 unspecified atom stereocenters. The summed E-state index contributed by atoms with van der Waals surface area (Å²) in [5.41, 5.74) is 6.10. The van der Waals surface area contributed by atoms with Gasteiger partial charge < -0.3 is 16.0 Å². The lowest BCUT2D eigenvalue weighted by molar-refractivity contribution is 0.102. The molecule has 6 rings (SSSR count). The average molecular weight is 526 g/mol. The first kappa shape index (κ1) is 23.7. The number of rotatable bonds is 5. The van der Waals surface area contributed by atoms with Gasteiger partial charge in [-0.3, -0.25) is 4.79 Å². The molecule has 1 amide bonds. The lowest BCUT2D eigenvalue weighted by Crippen LogP contribution is -2.31. The predicted octanol–water partition coefficient (Wildman–Crippen LogP) is 8.82. The SMILES string of the molecule is O=C(Nc1ccc(Nc2ccccc2)cc1)c1cccc2c1NC(c1c(Cl)cccc1Cl)C1CC=CC21. The number of benzene rings is 4. The van der Waals surface area contributed by atoms with E-state index in [0.29, 0.717) is 15.6 Å². The number of fused-ring (bicyclic) bond motifs is 3. The first-order chi connectivity index (χ1) is 18.1. The fourth-order valence-electron chi connectivity index (χ4n) is 5.43. The Kier molecular flexibility index (Phi) is 6.37. The summed E-state index contributed by atoms with van der Waals surface area (Å²) in [7, 11) is 0. The van der Waals surface area contributed by atoms with Gasteiger partial charge in [-0.1, -0.05) is 71.8 Å². The summed E-state index contributed by atoms with van der Waals surface area (Å²) in [6.45, 7) is 0. The fraction of sp³-hybridized carbons (Fsp3) is 0.129. The molecule has 4 nitrogen and oxygen atoms in total. The predicted molar refractivity (Wildman–Crippen MR) is 153 cm³/mol. The number of hydrogen-bond donors (Lipinski definition) is 3. The summed E-state index contributed by atoms with van der Waals surface area (Å²) in [4.78, 5) is 13.5. The van der Waals surface area contributed by atoms with Gasteiger partial charge in [0.05, 0.1) is 17.3 Å². The summed E-state index contributed by atoms with van der Waals surface area (Å²) in [5, 5.41) is 11.3. The molecule has 3 N–H and O–H groups in total. The van der Waals surface area contributed by atoms with Crippen LogP contribution in [0.2, 0.25) is 10.0 Å². The molecule has 6 heteroatoms. The van der Waals surface area contributed by atoms with Crippen molar-refractivity contribution in [3.8, 4) is 0 Å². The van der Waals surface area contributed by atoms with Crippen molar-refractivity contribution in [3.05, 3.63) is 130 Å². The molecular formula is C31H25Cl2N3O. The standard InChI is InChI=1S/C31H25Cl2N3O/c32-26-13-6-14-27(33)28(26)30-24-11-4-9-22(24)23-10-5-12-25(29(23)36-30)31(37)35-21-17-15-20(16-18-21)34-19-7-2-1-3-8-19/h1-10,12-18,22,24,30,34,36H,11H2,(H,35,37). The maximum Gasteiger partial charge on any atom is 0.257 e. The minimum Gasteiger partial charge on any atom is -0.377 e. The first-order valence-electron chi connectivity index (χ1n) is 12.3. The monoisotopic (exact) mass is 525 g/mol. The molecule has 0 saturated heterocycles. The smallest absolute Gasteiger partial charge is 0.257 e. The van der Waals surface area contributed by atoms with Gasteiger partial charge in [-0.15, -0.1) is 0 Å². The van der Waals surface area contributed by atoms with Gasteiger partial charge in [0.15, 0.2) is 0 Å². The number of anilines is 4. The second-order valence-electron chi connectivity index (χ2n) is 9.40. The van der Waals surface area contributed by atoms with Gasteiger partial charge in [-0.05, 0) is 72.5 Å². The zero-order chi connectivity index (χ0) is 25.4. The molecule has 0 radical (unpaired) electrons. The topological polar surface area (TPSA) is 53.2 Å². The molecule has 1 heterocycles. The highest BCUT2D eigenvalue weighted by atomic mass is 35.5. The van der Waals surface area contributed by atoms with Crippen molar-refractivity contribution in [2.75, 3.05) is 16.0 Å². The van der Waals surface area contributed by atoms with Crippen LogP contribution < -0.4 is 16.0 Å². The molecule has 0 bridgehead atoms. The second kappa shape index (κ2) is 9.97. The molecule has 3 atom stereocenters. The Morgan fingerprint density at radius 1 is 0.784 bits per heavy atom. The molecule has 0 saturated carbocycles. The van der Waals surface area contributed by atoms with E-state index >= 15 is 0 Å². The van der Waals surface area contributed by atoms with Gasteiger partial charge in [0.1, 0.15) is 0 Å². The molecule has 0 aromatic heterocycles. The zero-order valence-corrected chi connectivity index (χ0v) is 21.4. The van der Waals surface area contributed by atoms with E-state index < -0.39 is 0 Å². The largest absolute Gasteiger partial charge is 0.377 e. The number of halogens is 2. The highest BCUT2D eigenvalue weighted by Crippen LogP contribution is 2.52. The van der Waals surface area contributed by atoms with Gasteiger partial charge in [0.25, 0.3) is 5.91 Å². The van der Waals surface area contributed by atoms with Crippen LogP contribution in [0.5, 0.6) is 0 Å². The van der Waals surface area contributed by atoms with E-state index in [1.165, 1.54) is 0 Å². The van der Waals surface area contributed by atoms with Crippen molar-refractivity contribution in [3.63, 3.8) is 0 Å². The van der Waals surface area contributed by atoms with E-state index in [1.54, 1.807) is 0 Å². The number of amides is 1. The van der Waals surface area contributed by atoms with Crippen molar-refractivity contribution in [1.29, 1.82) is 0 Å². The van der Waals surface area contributed by atoms with Crippen molar-refractivity contribution < 1.29 is 4.79 Å². The molecule has 0 spiro atoms. The fourth-order valence-corrected chi connectivity index (χ4v) is 6.06. The number of carbonyl (C=O) groups is 1. The number of carbonyl (C=O) groups excluding carboxylic acids is 1. The summed E-state index contributed by atoms with van der Waals surface area (Å²) >= 11 is 13.2. The third-order valence-electron chi connectivity index (χ3n) is 7.16. The van der Waals surface area contributed by atoms with Crippen molar-refractivity contribution in [2.24, 2.45) is 5.92 Å². The van der Waals surface area contributed by atoms with Crippen LogP contribution in [0.4, 0.5) is 22.7 Å². The summed E-state index contributed by atoms with van der Waals surface area (Å²) < 4.78 is 0. The Morgan fingerprint density at radius 3 is 2.22 bits per heavy atom. The summed E-state index contributed by atoms with van der Waals surface area (Å²) in [6, 6.07) is 29.1. The quantitative estimate of drug-likeness (QED) is 0.228. The normalized spacial score (nSPS) is 19.5. The van der Waals surface area contributed by atoms with Crippen LogP contribution >= 0.6 is 23.2 Å². The van der Waals surface area contributed by atoms with E-state index in [-0.39, 0.29) is 23.8 Å². The zero-order valence-electron chi connectivity index (χ0n) is 19.9. The minimum atomic E-state index is -0.169. The number of hydrogen-bond acceptors (Lipinski definition) is 3. The molecule has 1 aliphatic carbocycles. The van der Waals surface area contributed by atoms with Crippen LogP contribution in [0.1, 0.15) is 39.9 Å². The van der Waals surface area contributed by atoms with E-state index in [1.807, 2.05) is 84.9 Å². The third kappa shape index (κ3) is 4.59. The number of para-hydroxylation sites is 2. The van der Waals surface area contributed by atoms with Crippen molar-refractivity contribution >= 4 is 51.9 Å². The molecule has 0 fully saturated rings. The minimum absolute atomic E-state index is 0.106.